The molecule has 0 spiro atoms. The molecule has 0 heterocycles. The fourth-order valence-electron chi connectivity index (χ4n) is 0.606. The van der Waals surface area contributed by atoms with Gasteiger partial charge in [-0.15, -0.1) is 0 Å². The van der Waals surface area contributed by atoms with Crippen LogP contribution in [-0.4, -0.2) is 45.9 Å². The summed E-state index contributed by atoms with van der Waals surface area (Å²) in [6.07, 6.45) is -3.86. The molecule has 3 atom stereocenters. The second-order valence-electron chi connectivity index (χ2n) is 2.42. The van der Waals surface area contributed by atoms with Crippen LogP contribution in [0.5, 0.6) is 0 Å². The molecule has 5 nitrogen and oxygen atoms in total. The fraction of sp³-hybridized carbons (Fsp3) is 0.875. The molecule has 0 aliphatic carbocycles. The standard InChI is InChI=1S/C6H14N2O3.C2H6/c1-3(8)5(10)6(11)4(9)2-7;1-2/h4-6,8-11H,2,7H2,1H3;1-2H3. The predicted molar refractivity (Wildman–Crippen MR) is 51.8 cm³/mol. The van der Waals surface area contributed by atoms with Crippen LogP contribution < -0.4 is 5.73 Å². The van der Waals surface area contributed by atoms with Crippen molar-refractivity contribution in [2.75, 3.05) is 6.54 Å². The first-order valence-electron chi connectivity index (χ1n) is 4.30. The van der Waals surface area contributed by atoms with Gasteiger partial charge in [0, 0.05) is 12.3 Å². The summed E-state index contributed by atoms with van der Waals surface area (Å²) in [6.45, 7) is 5.21. The summed E-state index contributed by atoms with van der Waals surface area (Å²) in [5, 5.41) is 33.9. The van der Waals surface area contributed by atoms with Crippen molar-refractivity contribution >= 4 is 5.71 Å². The summed E-state index contributed by atoms with van der Waals surface area (Å²) < 4.78 is 0. The molecule has 80 valence electrons. The van der Waals surface area contributed by atoms with Crippen molar-refractivity contribution in [2.24, 2.45) is 5.73 Å². The topological polar surface area (TPSA) is 111 Å². The van der Waals surface area contributed by atoms with E-state index in [1.165, 1.54) is 6.92 Å². The molecule has 0 aromatic heterocycles. The van der Waals surface area contributed by atoms with Crippen LogP contribution in [-0.2, 0) is 0 Å². The van der Waals surface area contributed by atoms with Gasteiger partial charge in [0.1, 0.15) is 12.2 Å². The molecule has 0 saturated heterocycles. The number of nitrogens with two attached hydrogens (primary N) is 1. The SMILES string of the molecule is CC.CC(=N)C(O)C(O)C(O)CN. The second kappa shape index (κ2) is 8.12. The zero-order valence-electron chi connectivity index (χ0n) is 8.36. The molecule has 0 fully saturated rings. The van der Waals surface area contributed by atoms with Gasteiger partial charge in [-0.05, 0) is 6.92 Å². The minimum Gasteiger partial charge on any atom is -0.389 e. The zero-order valence-corrected chi connectivity index (χ0v) is 8.36. The molecule has 5 heteroatoms. The number of aliphatic hydroxyl groups excluding tert-OH is 3. The summed E-state index contributed by atoms with van der Waals surface area (Å²) in [4.78, 5) is 0. The maximum Gasteiger partial charge on any atom is 0.119 e. The van der Waals surface area contributed by atoms with Crippen LogP contribution in [0, 0.1) is 5.41 Å². The summed E-state index contributed by atoms with van der Waals surface area (Å²) in [5.41, 5.74) is 4.93. The Labute approximate surface area is 78.7 Å². The average molecular weight is 192 g/mol. The molecule has 0 amide bonds. The Morgan fingerprint density at radius 2 is 1.69 bits per heavy atom. The summed E-state index contributed by atoms with van der Waals surface area (Å²) in [6, 6.07) is 0. The molecule has 0 aromatic carbocycles. The third-order valence-corrected chi connectivity index (χ3v) is 1.40. The van der Waals surface area contributed by atoms with Crippen LogP contribution in [0.2, 0.25) is 0 Å². The summed E-state index contributed by atoms with van der Waals surface area (Å²) in [7, 11) is 0. The predicted octanol–water partition coefficient (Wildman–Crippen LogP) is -0.906. The molecule has 0 radical (unpaired) electrons. The Balaban J connectivity index is 0. The molecular formula is C8H20N2O3. The summed E-state index contributed by atoms with van der Waals surface area (Å²) >= 11 is 0. The highest BCUT2D eigenvalue weighted by molar-refractivity contribution is 5.83. The Hall–Kier alpha value is -0.490. The third kappa shape index (κ3) is 5.70. The number of nitrogens with one attached hydrogen (secondary N) is 1. The Kier molecular flexibility index (Phi) is 9.38. The monoisotopic (exact) mass is 192 g/mol. The minimum absolute atomic E-state index is 0.0926. The molecule has 0 saturated carbocycles. The highest BCUT2D eigenvalue weighted by Gasteiger charge is 2.24. The van der Waals surface area contributed by atoms with Crippen molar-refractivity contribution in [2.45, 2.75) is 39.1 Å². The maximum atomic E-state index is 9.04. The van der Waals surface area contributed by atoms with Gasteiger partial charge in [-0.25, -0.2) is 0 Å². The molecule has 0 aromatic rings. The lowest BCUT2D eigenvalue weighted by molar-refractivity contribution is -0.0301. The van der Waals surface area contributed by atoms with E-state index in [0.717, 1.165) is 0 Å². The molecule has 0 bridgehead atoms. The van der Waals surface area contributed by atoms with Crippen LogP contribution >= 0.6 is 0 Å². The van der Waals surface area contributed by atoms with Gasteiger partial charge in [-0.1, -0.05) is 13.8 Å². The van der Waals surface area contributed by atoms with Gasteiger partial charge in [-0.3, -0.25) is 0 Å². The maximum absolute atomic E-state index is 9.04. The van der Waals surface area contributed by atoms with Crippen LogP contribution in [0.1, 0.15) is 20.8 Å². The first kappa shape index (κ1) is 15.0. The lowest BCUT2D eigenvalue weighted by atomic mass is 10.1. The van der Waals surface area contributed by atoms with E-state index in [-0.39, 0.29) is 12.3 Å². The Bertz CT molecular complexity index is 141. The second-order valence-corrected chi connectivity index (χ2v) is 2.42. The van der Waals surface area contributed by atoms with Crippen molar-refractivity contribution in [3.8, 4) is 0 Å². The van der Waals surface area contributed by atoms with E-state index in [0.29, 0.717) is 0 Å². The number of rotatable bonds is 4. The van der Waals surface area contributed by atoms with E-state index in [9.17, 15) is 0 Å². The summed E-state index contributed by atoms with van der Waals surface area (Å²) in [5.74, 6) is 0. The quantitative estimate of drug-likeness (QED) is 0.371. The first-order chi connectivity index (χ1) is 6.00. The lowest BCUT2D eigenvalue weighted by Gasteiger charge is -2.20. The van der Waals surface area contributed by atoms with E-state index in [1.807, 2.05) is 13.8 Å². The van der Waals surface area contributed by atoms with Gasteiger partial charge in [0.2, 0.25) is 0 Å². The van der Waals surface area contributed by atoms with E-state index >= 15 is 0 Å². The molecule has 13 heavy (non-hydrogen) atoms. The molecule has 6 N–H and O–H groups in total. The van der Waals surface area contributed by atoms with E-state index < -0.39 is 18.3 Å². The highest BCUT2D eigenvalue weighted by atomic mass is 16.4. The van der Waals surface area contributed by atoms with Crippen molar-refractivity contribution in [1.29, 1.82) is 5.41 Å². The third-order valence-electron chi connectivity index (χ3n) is 1.40. The number of hydrogen-bond acceptors (Lipinski definition) is 5. The van der Waals surface area contributed by atoms with Gasteiger partial charge < -0.3 is 26.5 Å². The smallest absolute Gasteiger partial charge is 0.119 e. The van der Waals surface area contributed by atoms with Crippen molar-refractivity contribution in [3.05, 3.63) is 0 Å². The van der Waals surface area contributed by atoms with Crippen LogP contribution in [0.3, 0.4) is 0 Å². The Morgan fingerprint density at radius 1 is 1.31 bits per heavy atom. The number of hydrogen-bond donors (Lipinski definition) is 5. The average Bonchev–Trinajstić information content (AvgIpc) is 2.17. The van der Waals surface area contributed by atoms with E-state index in [1.54, 1.807) is 0 Å². The van der Waals surface area contributed by atoms with Crippen LogP contribution in [0.25, 0.3) is 0 Å². The molecule has 3 unspecified atom stereocenters. The van der Waals surface area contributed by atoms with Crippen LogP contribution in [0.4, 0.5) is 0 Å². The molecule has 0 aliphatic rings. The number of aliphatic hydroxyl groups is 3. The van der Waals surface area contributed by atoms with E-state index in [2.05, 4.69) is 0 Å². The fourth-order valence-corrected chi connectivity index (χ4v) is 0.606. The van der Waals surface area contributed by atoms with Crippen molar-refractivity contribution in [3.63, 3.8) is 0 Å². The van der Waals surface area contributed by atoms with Gasteiger partial charge in [0.05, 0.1) is 6.10 Å². The van der Waals surface area contributed by atoms with Crippen LogP contribution in [0.15, 0.2) is 0 Å². The largest absolute Gasteiger partial charge is 0.389 e. The Morgan fingerprint density at radius 3 is 1.92 bits per heavy atom. The molecule has 0 aliphatic heterocycles. The first-order valence-corrected chi connectivity index (χ1v) is 4.30. The minimum atomic E-state index is -1.36. The van der Waals surface area contributed by atoms with Crippen molar-refractivity contribution < 1.29 is 15.3 Å². The van der Waals surface area contributed by atoms with Crippen molar-refractivity contribution in [1.82, 2.24) is 0 Å². The van der Waals surface area contributed by atoms with Gasteiger partial charge in [-0.2, -0.15) is 0 Å². The normalized spacial score (nSPS) is 16.5. The zero-order chi connectivity index (χ0) is 11.0. The van der Waals surface area contributed by atoms with E-state index in [4.69, 9.17) is 26.5 Å². The van der Waals surface area contributed by atoms with Gasteiger partial charge in [0.25, 0.3) is 0 Å². The van der Waals surface area contributed by atoms with Gasteiger partial charge in [0.15, 0.2) is 0 Å². The molecular weight excluding hydrogens is 172 g/mol. The lowest BCUT2D eigenvalue weighted by Crippen LogP contribution is -2.44. The molecule has 0 rings (SSSR count). The highest BCUT2D eigenvalue weighted by Crippen LogP contribution is 1.99. The van der Waals surface area contributed by atoms with Gasteiger partial charge >= 0.3 is 0 Å².